The second-order valence-electron chi connectivity index (χ2n) is 7.87. The maximum atomic E-state index is 12.8. The molecule has 0 spiro atoms. The highest BCUT2D eigenvalue weighted by Crippen LogP contribution is 2.43. The Bertz CT molecular complexity index is 523. The van der Waals surface area contributed by atoms with Crippen molar-refractivity contribution in [2.75, 3.05) is 13.2 Å². The van der Waals surface area contributed by atoms with Crippen molar-refractivity contribution in [3.63, 3.8) is 0 Å². The van der Waals surface area contributed by atoms with Crippen LogP contribution in [0.1, 0.15) is 61.1 Å². The summed E-state index contributed by atoms with van der Waals surface area (Å²) in [7, 11) is -2.07. The van der Waals surface area contributed by atoms with E-state index >= 15 is 0 Å². The van der Waals surface area contributed by atoms with Crippen molar-refractivity contribution in [1.82, 2.24) is 4.98 Å². The lowest BCUT2D eigenvalue weighted by molar-refractivity contribution is -0.151. The van der Waals surface area contributed by atoms with E-state index < -0.39 is 13.7 Å². The molecule has 0 bridgehead atoms. The highest BCUT2D eigenvalue weighted by Gasteiger charge is 2.48. The SMILES string of the molecule is CCOC(=O)C(C)(CO[Si](C(C)C)(C(C)C)C(C)C)c1ccccn1. The van der Waals surface area contributed by atoms with Gasteiger partial charge in [-0.05, 0) is 42.6 Å². The van der Waals surface area contributed by atoms with Crippen LogP contribution in [0.15, 0.2) is 24.4 Å². The summed E-state index contributed by atoms with van der Waals surface area (Å²) in [5, 5.41) is 0. The fraction of sp³-hybridized carbons (Fsp3) is 0.700. The molecular formula is C20H35NO3Si. The highest BCUT2D eigenvalue weighted by atomic mass is 28.4. The Labute approximate surface area is 154 Å². The number of carbonyl (C=O) groups excluding carboxylic acids is 1. The Morgan fingerprint density at radius 3 is 2.08 bits per heavy atom. The smallest absolute Gasteiger partial charge is 0.320 e. The van der Waals surface area contributed by atoms with Gasteiger partial charge in [-0.3, -0.25) is 9.78 Å². The number of nitrogens with zero attached hydrogens (tertiary/aromatic N) is 1. The summed E-state index contributed by atoms with van der Waals surface area (Å²) in [6.45, 7) is 17.8. The standard InChI is InChI=1S/C20H35NO3Si/c1-9-23-19(22)20(8,18-12-10-11-13-21-18)14-24-25(15(2)3,16(4)5)17(6)7/h10-13,15-17H,9,14H2,1-8H3. The molecule has 1 rings (SSSR count). The van der Waals surface area contributed by atoms with Gasteiger partial charge in [0.15, 0.2) is 8.32 Å². The summed E-state index contributed by atoms with van der Waals surface area (Å²) in [6.07, 6.45) is 1.71. The quantitative estimate of drug-likeness (QED) is 0.451. The molecule has 1 aromatic rings. The summed E-state index contributed by atoms with van der Waals surface area (Å²) in [6, 6.07) is 5.63. The Hall–Kier alpha value is -1.20. The van der Waals surface area contributed by atoms with Crippen molar-refractivity contribution in [3.05, 3.63) is 30.1 Å². The number of carbonyl (C=O) groups is 1. The summed E-state index contributed by atoms with van der Waals surface area (Å²) in [5.74, 6) is -0.270. The fourth-order valence-electron chi connectivity index (χ4n) is 3.99. The van der Waals surface area contributed by atoms with E-state index in [2.05, 4.69) is 46.5 Å². The Morgan fingerprint density at radius 2 is 1.68 bits per heavy atom. The molecule has 0 radical (unpaired) electrons. The lowest BCUT2D eigenvalue weighted by Crippen LogP contribution is -2.52. The van der Waals surface area contributed by atoms with Crippen LogP contribution in [0.5, 0.6) is 0 Å². The number of rotatable bonds is 9. The van der Waals surface area contributed by atoms with Gasteiger partial charge in [-0.2, -0.15) is 0 Å². The van der Waals surface area contributed by atoms with E-state index in [1.165, 1.54) is 0 Å². The molecule has 0 aromatic carbocycles. The molecule has 0 saturated carbocycles. The van der Waals surface area contributed by atoms with E-state index in [9.17, 15) is 4.79 Å². The molecule has 1 unspecified atom stereocenters. The van der Waals surface area contributed by atoms with Crippen LogP contribution >= 0.6 is 0 Å². The first-order valence-corrected chi connectivity index (χ1v) is 11.5. The fourth-order valence-corrected chi connectivity index (χ4v) is 9.52. The molecule has 1 atom stereocenters. The summed E-state index contributed by atoms with van der Waals surface area (Å²) >= 11 is 0. The van der Waals surface area contributed by atoms with E-state index in [4.69, 9.17) is 9.16 Å². The molecule has 0 aliphatic heterocycles. The van der Waals surface area contributed by atoms with E-state index in [1.54, 1.807) is 6.20 Å². The minimum atomic E-state index is -2.07. The van der Waals surface area contributed by atoms with Gasteiger partial charge in [0, 0.05) is 6.20 Å². The number of hydrogen-bond acceptors (Lipinski definition) is 4. The molecule has 0 aliphatic carbocycles. The van der Waals surface area contributed by atoms with Crippen LogP contribution in [-0.4, -0.2) is 32.5 Å². The normalized spacial score (nSPS) is 14.8. The van der Waals surface area contributed by atoms with Crippen LogP contribution in [0.25, 0.3) is 0 Å². The van der Waals surface area contributed by atoms with Gasteiger partial charge in [0.25, 0.3) is 0 Å². The Kier molecular flexibility index (Phi) is 7.81. The Morgan fingerprint density at radius 1 is 1.12 bits per heavy atom. The number of aromatic nitrogens is 1. The average Bonchev–Trinajstić information content (AvgIpc) is 2.55. The predicted octanol–water partition coefficient (Wildman–Crippen LogP) is 5.09. The molecule has 0 N–H and O–H groups in total. The number of pyridine rings is 1. The van der Waals surface area contributed by atoms with Crippen molar-refractivity contribution in [2.24, 2.45) is 0 Å². The van der Waals surface area contributed by atoms with Crippen molar-refractivity contribution in [1.29, 1.82) is 0 Å². The average molecular weight is 366 g/mol. The molecule has 4 nitrogen and oxygen atoms in total. The van der Waals surface area contributed by atoms with Crippen LogP contribution in [0.2, 0.25) is 16.6 Å². The minimum absolute atomic E-state index is 0.270. The molecule has 0 amide bonds. The minimum Gasteiger partial charge on any atom is -0.465 e. The highest BCUT2D eigenvalue weighted by molar-refractivity contribution is 6.77. The van der Waals surface area contributed by atoms with Gasteiger partial charge in [-0.15, -0.1) is 0 Å². The first-order chi connectivity index (χ1) is 11.6. The van der Waals surface area contributed by atoms with Gasteiger partial charge in [-0.25, -0.2) is 0 Å². The summed E-state index contributed by atoms with van der Waals surface area (Å²) < 4.78 is 12.1. The van der Waals surface area contributed by atoms with E-state index in [0.29, 0.717) is 35.5 Å². The van der Waals surface area contributed by atoms with E-state index in [1.807, 2.05) is 32.0 Å². The maximum absolute atomic E-state index is 12.8. The van der Waals surface area contributed by atoms with Crippen LogP contribution in [0.4, 0.5) is 0 Å². The molecule has 1 aromatic heterocycles. The molecule has 0 saturated heterocycles. The number of ether oxygens (including phenoxy) is 1. The summed E-state index contributed by atoms with van der Waals surface area (Å²) in [4.78, 5) is 17.2. The molecule has 0 fully saturated rings. The predicted molar refractivity (Wildman–Crippen MR) is 105 cm³/mol. The van der Waals surface area contributed by atoms with Gasteiger partial charge in [-0.1, -0.05) is 47.6 Å². The molecule has 142 valence electrons. The maximum Gasteiger partial charge on any atom is 0.320 e. The van der Waals surface area contributed by atoms with Gasteiger partial charge < -0.3 is 9.16 Å². The van der Waals surface area contributed by atoms with Crippen LogP contribution in [0.3, 0.4) is 0 Å². The summed E-state index contributed by atoms with van der Waals surface area (Å²) in [5.41, 5.74) is 1.19. The zero-order valence-corrected chi connectivity index (χ0v) is 18.1. The van der Waals surface area contributed by atoms with E-state index in [-0.39, 0.29) is 5.97 Å². The molecule has 25 heavy (non-hydrogen) atoms. The van der Waals surface area contributed by atoms with Crippen molar-refractivity contribution >= 4 is 14.3 Å². The third kappa shape index (κ3) is 4.50. The van der Waals surface area contributed by atoms with Crippen LogP contribution < -0.4 is 0 Å². The van der Waals surface area contributed by atoms with Crippen LogP contribution in [-0.2, 0) is 19.4 Å². The van der Waals surface area contributed by atoms with Gasteiger partial charge >= 0.3 is 5.97 Å². The van der Waals surface area contributed by atoms with E-state index in [0.717, 1.165) is 0 Å². The van der Waals surface area contributed by atoms with Crippen molar-refractivity contribution in [2.45, 2.75) is 77.4 Å². The van der Waals surface area contributed by atoms with Crippen LogP contribution in [0, 0.1) is 0 Å². The number of hydrogen-bond donors (Lipinski definition) is 0. The van der Waals surface area contributed by atoms with Gasteiger partial charge in [0.05, 0.1) is 18.9 Å². The zero-order chi connectivity index (χ0) is 19.3. The molecule has 0 aliphatic rings. The third-order valence-corrected chi connectivity index (χ3v) is 11.3. The largest absolute Gasteiger partial charge is 0.465 e. The van der Waals surface area contributed by atoms with Gasteiger partial charge in [0.1, 0.15) is 5.41 Å². The zero-order valence-electron chi connectivity index (χ0n) is 17.1. The third-order valence-electron chi connectivity index (χ3n) is 5.27. The first-order valence-electron chi connectivity index (χ1n) is 9.35. The lowest BCUT2D eigenvalue weighted by atomic mass is 9.87. The lowest BCUT2D eigenvalue weighted by Gasteiger charge is -2.44. The molecule has 5 heteroatoms. The topological polar surface area (TPSA) is 48.4 Å². The Balaban J connectivity index is 3.24. The van der Waals surface area contributed by atoms with Crippen molar-refractivity contribution < 1.29 is 14.0 Å². The molecular weight excluding hydrogens is 330 g/mol. The second-order valence-corrected chi connectivity index (χ2v) is 13.3. The monoisotopic (exact) mass is 365 g/mol. The first kappa shape index (κ1) is 21.8. The van der Waals surface area contributed by atoms with Crippen molar-refractivity contribution in [3.8, 4) is 0 Å². The molecule has 1 heterocycles. The van der Waals surface area contributed by atoms with Gasteiger partial charge in [0.2, 0.25) is 0 Å². The number of esters is 1. The second kappa shape index (κ2) is 8.95.